The van der Waals surface area contributed by atoms with Gasteiger partial charge < -0.3 is 11.1 Å². The van der Waals surface area contributed by atoms with Crippen molar-refractivity contribution in [3.05, 3.63) is 45.4 Å². The number of hydrogen-bond donors (Lipinski definition) is 2. The van der Waals surface area contributed by atoms with Crippen molar-refractivity contribution in [2.75, 3.05) is 11.9 Å². The fourth-order valence-corrected chi connectivity index (χ4v) is 2.49. The van der Waals surface area contributed by atoms with Gasteiger partial charge in [0, 0.05) is 34.6 Å². The third-order valence-electron chi connectivity index (χ3n) is 2.43. The second kappa shape index (κ2) is 6.13. The minimum Gasteiger partial charge on any atom is -0.389 e. The first-order valence-electron chi connectivity index (χ1n) is 5.37. The lowest BCUT2D eigenvalue weighted by molar-refractivity contribution is 0.977. The molecule has 2 aromatic rings. The number of nitrogens with one attached hydrogen (secondary N) is 1. The molecular formula is C12H12ClN3S2. The van der Waals surface area contributed by atoms with Crippen LogP contribution in [0.15, 0.2) is 29.1 Å². The number of thiocarbonyl (C=S) groups is 1. The molecule has 0 atom stereocenters. The van der Waals surface area contributed by atoms with Crippen molar-refractivity contribution >= 4 is 45.8 Å². The summed E-state index contributed by atoms with van der Waals surface area (Å²) in [5, 5.41) is 5.97. The van der Waals surface area contributed by atoms with Gasteiger partial charge in [0.15, 0.2) is 0 Å². The Bertz CT molecular complexity index is 540. The van der Waals surface area contributed by atoms with Gasteiger partial charge in [-0.15, -0.1) is 11.3 Å². The second-order valence-corrected chi connectivity index (χ2v) is 5.31. The smallest absolute Gasteiger partial charge is 0.106 e. The fourth-order valence-electron chi connectivity index (χ4n) is 1.56. The molecule has 0 saturated carbocycles. The summed E-state index contributed by atoms with van der Waals surface area (Å²) in [6, 6.07) is 5.47. The molecule has 6 heteroatoms. The van der Waals surface area contributed by atoms with Gasteiger partial charge in [0.25, 0.3) is 0 Å². The molecule has 3 N–H and O–H groups in total. The van der Waals surface area contributed by atoms with E-state index >= 15 is 0 Å². The van der Waals surface area contributed by atoms with Crippen molar-refractivity contribution in [2.45, 2.75) is 6.42 Å². The van der Waals surface area contributed by atoms with Crippen LogP contribution in [0.25, 0.3) is 0 Å². The van der Waals surface area contributed by atoms with Crippen LogP contribution in [-0.2, 0) is 6.42 Å². The molecule has 0 aliphatic carbocycles. The van der Waals surface area contributed by atoms with Crippen LogP contribution in [0, 0.1) is 0 Å². The predicted octanol–water partition coefficient (Wildman–Crippen LogP) is 3.09. The Labute approximate surface area is 120 Å². The number of hydrogen-bond acceptors (Lipinski definition) is 4. The van der Waals surface area contributed by atoms with Crippen LogP contribution in [0.3, 0.4) is 0 Å². The van der Waals surface area contributed by atoms with Gasteiger partial charge in [0.05, 0.1) is 11.2 Å². The van der Waals surface area contributed by atoms with E-state index in [1.54, 1.807) is 17.4 Å². The zero-order chi connectivity index (χ0) is 13.0. The summed E-state index contributed by atoms with van der Waals surface area (Å²) in [6.45, 7) is 0.779. The van der Waals surface area contributed by atoms with Crippen LogP contribution in [0.2, 0.25) is 5.02 Å². The molecule has 94 valence electrons. The summed E-state index contributed by atoms with van der Waals surface area (Å²) in [5.41, 5.74) is 10.3. The van der Waals surface area contributed by atoms with Crippen LogP contribution >= 0.6 is 35.2 Å². The van der Waals surface area contributed by atoms with Gasteiger partial charge in [-0.1, -0.05) is 23.8 Å². The summed E-state index contributed by atoms with van der Waals surface area (Å²) in [7, 11) is 0. The monoisotopic (exact) mass is 297 g/mol. The molecule has 1 aromatic carbocycles. The maximum atomic E-state index is 5.92. The van der Waals surface area contributed by atoms with Crippen LogP contribution in [0.4, 0.5) is 5.69 Å². The molecule has 3 nitrogen and oxygen atoms in total. The molecule has 0 bridgehead atoms. The third kappa shape index (κ3) is 3.41. The minimum absolute atomic E-state index is 0.341. The molecule has 0 saturated heterocycles. The van der Waals surface area contributed by atoms with Crippen molar-refractivity contribution in [2.24, 2.45) is 5.73 Å². The van der Waals surface area contributed by atoms with E-state index in [4.69, 9.17) is 29.6 Å². The number of benzene rings is 1. The van der Waals surface area contributed by atoms with E-state index in [0.717, 1.165) is 29.9 Å². The second-order valence-electron chi connectivity index (χ2n) is 3.71. The summed E-state index contributed by atoms with van der Waals surface area (Å²) >= 11 is 12.5. The Kier molecular flexibility index (Phi) is 4.52. The number of nitrogens with two attached hydrogens (primary N) is 1. The average molecular weight is 298 g/mol. The minimum atomic E-state index is 0.341. The summed E-state index contributed by atoms with van der Waals surface area (Å²) in [6.07, 6.45) is 0.864. The van der Waals surface area contributed by atoms with E-state index in [-0.39, 0.29) is 0 Å². The van der Waals surface area contributed by atoms with Gasteiger partial charge in [0.2, 0.25) is 0 Å². The molecule has 1 heterocycles. The number of rotatable bonds is 5. The highest BCUT2D eigenvalue weighted by atomic mass is 35.5. The Morgan fingerprint density at radius 1 is 1.50 bits per heavy atom. The molecule has 0 amide bonds. The first-order valence-corrected chi connectivity index (χ1v) is 7.10. The lowest BCUT2D eigenvalue weighted by Crippen LogP contribution is -2.14. The number of halogens is 1. The van der Waals surface area contributed by atoms with E-state index in [0.29, 0.717) is 10.0 Å². The van der Waals surface area contributed by atoms with Crippen LogP contribution in [0.1, 0.15) is 11.3 Å². The first-order chi connectivity index (χ1) is 8.66. The summed E-state index contributed by atoms with van der Waals surface area (Å²) in [4.78, 5) is 4.57. The van der Waals surface area contributed by atoms with E-state index in [1.807, 2.05) is 23.0 Å². The largest absolute Gasteiger partial charge is 0.389 e. The zero-order valence-corrected chi connectivity index (χ0v) is 11.9. The normalized spacial score (nSPS) is 10.3. The Hall–Kier alpha value is -1.17. The fraction of sp³-hybridized carbons (Fsp3) is 0.167. The highest BCUT2D eigenvalue weighted by molar-refractivity contribution is 7.80. The topological polar surface area (TPSA) is 50.9 Å². The standard InChI is InChI=1S/C12H12ClN3S2/c13-8-1-2-11(10(5-8)12(14)17)15-4-3-9-6-18-7-16-9/h1-2,5-7,15H,3-4H2,(H2,14,17). The first kappa shape index (κ1) is 13.3. The molecule has 0 fully saturated rings. The molecule has 1 aromatic heterocycles. The van der Waals surface area contributed by atoms with Crippen LogP contribution < -0.4 is 11.1 Å². The number of aromatic nitrogens is 1. The Balaban J connectivity index is 2.02. The van der Waals surface area contributed by atoms with Crippen LogP contribution in [-0.4, -0.2) is 16.5 Å². The van der Waals surface area contributed by atoms with Gasteiger partial charge in [-0.2, -0.15) is 0 Å². The van der Waals surface area contributed by atoms with Gasteiger partial charge in [-0.05, 0) is 18.2 Å². The highest BCUT2D eigenvalue weighted by Gasteiger charge is 2.06. The maximum Gasteiger partial charge on any atom is 0.106 e. The van der Waals surface area contributed by atoms with Crippen molar-refractivity contribution in [1.82, 2.24) is 4.98 Å². The molecule has 0 spiro atoms. The summed E-state index contributed by atoms with van der Waals surface area (Å²) in [5.74, 6) is 0. The SMILES string of the molecule is NC(=S)c1cc(Cl)ccc1NCCc1cscn1. The van der Waals surface area contributed by atoms with Crippen molar-refractivity contribution in [3.63, 3.8) is 0 Å². The third-order valence-corrected chi connectivity index (χ3v) is 3.52. The molecule has 0 aliphatic rings. The van der Waals surface area contributed by atoms with E-state index < -0.39 is 0 Å². The quantitative estimate of drug-likeness (QED) is 0.833. The van der Waals surface area contributed by atoms with Gasteiger partial charge in [0.1, 0.15) is 4.99 Å². The zero-order valence-electron chi connectivity index (χ0n) is 9.52. The van der Waals surface area contributed by atoms with Crippen molar-refractivity contribution in [3.8, 4) is 0 Å². The van der Waals surface area contributed by atoms with Gasteiger partial charge in [-0.3, -0.25) is 0 Å². The maximum absolute atomic E-state index is 5.92. The molecule has 2 rings (SSSR count). The highest BCUT2D eigenvalue weighted by Crippen LogP contribution is 2.20. The molecular weight excluding hydrogens is 286 g/mol. The van der Waals surface area contributed by atoms with E-state index in [1.165, 1.54) is 0 Å². The lowest BCUT2D eigenvalue weighted by atomic mass is 10.1. The number of nitrogens with zero attached hydrogens (tertiary/aromatic N) is 1. The van der Waals surface area contributed by atoms with E-state index in [9.17, 15) is 0 Å². The molecule has 0 unspecified atom stereocenters. The van der Waals surface area contributed by atoms with Crippen molar-refractivity contribution in [1.29, 1.82) is 0 Å². The lowest BCUT2D eigenvalue weighted by Gasteiger charge is -2.11. The number of thiazole rings is 1. The molecule has 0 radical (unpaired) electrons. The predicted molar refractivity (Wildman–Crippen MR) is 81.6 cm³/mol. The Morgan fingerprint density at radius 3 is 3.00 bits per heavy atom. The molecule has 18 heavy (non-hydrogen) atoms. The summed E-state index contributed by atoms with van der Waals surface area (Å²) < 4.78 is 0. The van der Waals surface area contributed by atoms with Gasteiger partial charge >= 0.3 is 0 Å². The number of anilines is 1. The molecule has 0 aliphatic heterocycles. The Morgan fingerprint density at radius 2 is 2.33 bits per heavy atom. The van der Waals surface area contributed by atoms with Crippen molar-refractivity contribution < 1.29 is 0 Å². The van der Waals surface area contributed by atoms with Crippen LogP contribution in [0.5, 0.6) is 0 Å². The van der Waals surface area contributed by atoms with E-state index in [2.05, 4.69) is 10.3 Å². The van der Waals surface area contributed by atoms with Gasteiger partial charge in [-0.25, -0.2) is 4.98 Å². The average Bonchev–Trinajstić information content (AvgIpc) is 2.84.